The minimum Gasteiger partial charge on any atom is -0.494 e. The lowest BCUT2D eigenvalue weighted by atomic mass is 10.1. The van der Waals surface area contributed by atoms with Crippen molar-refractivity contribution in [3.05, 3.63) is 63.1 Å². The maximum Gasteiger partial charge on any atom is 0.251 e. The van der Waals surface area contributed by atoms with Crippen molar-refractivity contribution in [3.63, 3.8) is 0 Å². The minimum absolute atomic E-state index is 0.0393. The maximum atomic E-state index is 13.6. The van der Waals surface area contributed by atoms with Crippen LogP contribution in [0.2, 0.25) is 10.0 Å². The van der Waals surface area contributed by atoms with E-state index in [0.717, 1.165) is 12.1 Å². The standard InChI is InChI=1S/C16H13Cl2F2NO2/c1-8(10-6-13(19)12(18)7-11(10)17)21-16(22)9-3-4-15(23-2)14(20)5-9/h3-8H,1-2H3,(H,21,22)/t8-/m0/s1. The number of carbonyl (C=O) groups excluding carboxylic acids is 1. The molecule has 23 heavy (non-hydrogen) atoms. The van der Waals surface area contributed by atoms with E-state index in [2.05, 4.69) is 5.32 Å². The summed E-state index contributed by atoms with van der Waals surface area (Å²) < 4.78 is 32.0. The molecule has 3 nitrogen and oxygen atoms in total. The highest BCUT2D eigenvalue weighted by molar-refractivity contribution is 6.35. The summed E-state index contributed by atoms with van der Waals surface area (Å²) in [6.45, 7) is 1.63. The molecule has 2 rings (SSSR count). The topological polar surface area (TPSA) is 38.3 Å². The second-order valence-electron chi connectivity index (χ2n) is 4.83. The first kappa shape index (κ1) is 17.5. The molecule has 0 bridgehead atoms. The maximum absolute atomic E-state index is 13.6. The Kier molecular flexibility index (Phi) is 5.44. The van der Waals surface area contributed by atoms with Gasteiger partial charge in [-0.1, -0.05) is 23.2 Å². The van der Waals surface area contributed by atoms with Gasteiger partial charge in [0.1, 0.15) is 5.82 Å². The third-order valence-electron chi connectivity index (χ3n) is 3.27. The third kappa shape index (κ3) is 3.92. The van der Waals surface area contributed by atoms with Gasteiger partial charge in [-0.05, 0) is 42.8 Å². The van der Waals surface area contributed by atoms with Gasteiger partial charge in [0.25, 0.3) is 5.91 Å². The zero-order chi connectivity index (χ0) is 17.1. The van der Waals surface area contributed by atoms with Gasteiger partial charge in [0, 0.05) is 10.6 Å². The summed E-state index contributed by atoms with van der Waals surface area (Å²) in [7, 11) is 1.33. The molecule has 2 aromatic carbocycles. The van der Waals surface area contributed by atoms with Gasteiger partial charge in [0.2, 0.25) is 0 Å². The van der Waals surface area contributed by atoms with Gasteiger partial charge >= 0.3 is 0 Å². The molecular weight excluding hydrogens is 347 g/mol. The smallest absolute Gasteiger partial charge is 0.251 e. The predicted molar refractivity (Wildman–Crippen MR) is 85.3 cm³/mol. The van der Waals surface area contributed by atoms with Crippen LogP contribution in [0.5, 0.6) is 5.75 Å². The monoisotopic (exact) mass is 359 g/mol. The van der Waals surface area contributed by atoms with E-state index in [9.17, 15) is 13.6 Å². The number of ether oxygens (including phenoxy) is 1. The molecule has 0 aliphatic rings. The molecule has 0 aliphatic heterocycles. The summed E-state index contributed by atoms with van der Waals surface area (Å²) in [6.07, 6.45) is 0. The van der Waals surface area contributed by atoms with E-state index >= 15 is 0 Å². The summed E-state index contributed by atoms with van der Waals surface area (Å²) >= 11 is 11.6. The molecule has 0 fully saturated rings. The van der Waals surface area contributed by atoms with Crippen LogP contribution in [0.1, 0.15) is 28.9 Å². The third-order valence-corrected chi connectivity index (χ3v) is 3.88. The Morgan fingerprint density at radius 3 is 2.43 bits per heavy atom. The van der Waals surface area contributed by atoms with Gasteiger partial charge in [0.05, 0.1) is 18.2 Å². The lowest BCUT2D eigenvalue weighted by molar-refractivity contribution is 0.0939. The van der Waals surface area contributed by atoms with Crippen LogP contribution in [-0.4, -0.2) is 13.0 Å². The average molecular weight is 360 g/mol. The lowest BCUT2D eigenvalue weighted by Crippen LogP contribution is -2.27. The molecule has 7 heteroatoms. The van der Waals surface area contributed by atoms with Crippen molar-refractivity contribution in [3.8, 4) is 5.75 Å². The van der Waals surface area contributed by atoms with Gasteiger partial charge in [-0.3, -0.25) is 4.79 Å². The van der Waals surface area contributed by atoms with Crippen LogP contribution < -0.4 is 10.1 Å². The van der Waals surface area contributed by atoms with E-state index in [-0.39, 0.29) is 21.4 Å². The number of amides is 1. The van der Waals surface area contributed by atoms with Crippen molar-refractivity contribution in [2.75, 3.05) is 7.11 Å². The van der Waals surface area contributed by atoms with E-state index in [4.69, 9.17) is 27.9 Å². The Morgan fingerprint density at radius 1 is 1.13 bits per heavy atom. The van der Waals surface area contributed by atoms with E-state index < -0.39 is 23.6 Å². The predicted octanol–water partition coefficient (Wildman–Crippen LogP) is 4.77. The molecule has 0 saturated heterocycles. The zero-order valence-corrected chi connectivity index (χ0v) is 13.8. The number of halogens is 4. The first-order chi connectivity index (χ1) is 10.8. The molecule has 1 N–H and O–H groups in total. The van der Waals surface area contributed by atoms with Crippen LogP contribution >= 0.6 is 23.2 Å². The Hall–Kier alpha value is -1.85. The molecule has 1 atom stereocenters. The Bertz CT molecular complexity index is 753. The van der Waals surface area contributed by atoms with Crippen molar-refractivity contribution in [2.45, 2.75) is 13.0 Å². The molecule has 0 spiro atoms. The fraction of sp³-hybridized carbons (Fsp3) is 0.188. The summed E-state index contributed by atoms with van der Waals surface area (Å²) in [5.41, 5.74) is 0.483. The van der Waals surface area contributed by atoms with Crippen molar-refractivity contribution < 1.29 is 18.3 Å². The number of hydrogen-bond acceptors (Lipinski definition) is 2. The second kappa shape index (κ2) is 7.15. The van der Waals surface area contributed by atoms with E-state index in [1.54, 1.807) is 6.92 Å². The molecule has 122 valence electrons. The number of hydrogen-bond donors (Lipinski definition) is 1. The summed E-state index contributed by atoms with van der Waals surface area (Å²) in [5, 5.41) is 2.75. The van der Waals surface area contributed by atoms with Gasteiger partial charge in [0.15, 0.2) is 11.6 Å². The molecule has 0 saturated carbocycles. The molecule has 1 amide bonds. The normalized spacial score (nSPS) is 11.9. The van der Waals surface area contributed by atoms with Crippen LogP contribution in [0.25, 0.3) is 0 Å². The van der Waals surface area contributed by atoms with Gasteiger partial charge in [-0.2, -0.15) is 0 Å². The van der Waals surface area contributed by atoms with Crippen molar-refractivity contribution in [1.29, 1.82) is 0 Å². The summed E-state index contributed by atoms with van der Waals surface area (Å²) in [4.78, 5) is 12.2. The molecule has 0 aromatic heterocycles. The van der Waals surface area contributed by atoms with Crippen LogP contribution in [0, 0.1) is 11.6 Å². The van der Waals surface area contributed by atoms with Crippen molar-refractivity contribution in [1.82, 2.24) is 5.32 Å². The molecule has 0 heterocycles. The quantitative estimate of drug-likeness (QED) is 0.798. The number of benzene rings is 2. The number of rotatable bonds is 4. The fourth-order valence-corrected chi connectivity index (χ4v) is 2.58. The highest BCUT2D eigenvalue weighted by Gasteiger charge is 2.17. The Balaban J connectivity index is 2.20. The summed E-state index contributed by atoms with van der Waals surface area (Å²) in [5.74, 6) is -1.77. The number of carbonyl (C=O) groups is 1. The highest BCUT2D eigenvalue weighted by Crippen LogP contribution is 2.29. The van der Waals surface area contributed by atoms with Crippen LogP contribution in [0.4, 0.5) is 8.78 Å². The van der Waals surface area contributed by atoms with Crippen molar-refractivity contribution >= 4 is 29.1 Å². The number of nitrogens with one attached hydrogen (secondary N) is 1. The molecular formula is C16H13Cl2F2NO2. The average Bonchev–Trinajstić information content (AvgIpc) is 2.50. The Morgan fingerprint density at radius 2 is 1.83 bits per heavy atom. The van der Waals surface area contributed by atoms with Gasteiger partial charge in [-0.15, -0.1) is 0 Å². The largest absolute Gasteiger partial charge is 0.494 e. The molecule has 2 aromatic rings. The molecule has 0 radical (unpaired) electrons. The number of methoxy groups -OCH3 is 1. The lowest BCUT2D eigenvalue weighted by Gasteiger charge is -2.16. The van der Waals surface area contributed by atoms with Crippen LogP contribution in [0.15, 0.2) is 30.3 Å². The molecule has 0 aliphatic carbocycles. The first-order valence-corrected chi connectivity index (χ1v) is 7.38. The van der Waals surface area contributed by atoms with Crippen molar-refractivity contribution in [2.24, 2.45) is 0 Å². The molecule has 0 unspecified atom stereocenters. The second-order valence-corrected chi connectivity index (χ2v) is 5.65. The minimum atomic E-state index is -0.650. The van der Waals surface area contributed by atoms with Gasteiger partial charge in [-0.25, -0.2) is 8.78 Å². The highest BCUT2D eigenvalue weighted by atomic mass is 35.5. The van der Waals surface area contributed by atoms with Gasteiger partial charge < -0.3 is 10.1 Å². The SMILES string of the molecule is COc1ccc(C(=O)N[C@@H](C)c2cc(F)c(Cl)cc2Cl)cc1F. The van der Waals surface area contributed by atoms with E-state index in [0.29, 0.717) is 5.56 Å². The Labute approximate surface area is 142 Å². The van der Waals surface area contributed by atoms with Crippen LogP contribution in [-0.2, 0) is 0 Å². The van der Waals surface area contributed by atoms with E-state index in [1.807, 2.05) is 0 Å². The van der Waals surface area contributed by atoms with E-state index in [1.165, 1.54) is 25.3 Å². The summed E-state index contributed by atoms with van der Waals surface area (Å²) in [6, 6.07) is 5.67. The fourth-order valence-electron chi connectivity index (χ4n) is 2.04. The first-order valence-electron chi connectivity index (χ1n) is 6.62. The zero-order valence-electron chi connectivity index (χ0n) is 12.3. The van der Waals surface area contributed by atoms with Crippen LogP contribution in [0.3, 0.4) is 0 Å².